The first-order valence-corrected chi connectivity index (χ1v) is 44.5. The number of alkyl carbamates (subject to hydrolysis) is 2. The Morgan fingerprint density at radius 3 is 1.27 bits per heavy atom. The van der Waals surface area contributed by atoms with Crippen LogP contribution >= 0.6 is 39.5 Å². The summed E-state index contributed by atoms with van der Waals surface area (Å²) in [6.07, 6.45) is 21.5. The van der Waals surface area contributed by atoms with Crippen molar-refractivity contribution in [3.63, 3.8) is 0 Å². The number of alkyl halides is 3. The SMILES string of the molecule is Brc1cccc2ncccc12.C[C@@H]1OCC2(CCN(c3nc[c-]c4nccn34)CC2)[C@@H]1NC(=O)OC(C)(C)C.C[C@@H]1OCC2(CCN(c3ncc(Sc4cccc5ncccc45)c4nccn34)CC2)[C@@H]1N.C[C@@H]1OCC2(CCN(c3ncc(Sc4cccc5ncccc45)c4nccn34)CC2)[C@@H]1NC(=O)OC(C)(C)C.N=N/N=N/N=N/N=N/N=N/N=N/N=N/N=N/N.O=CC(F)(F)F.[Na+].[SH-]. The van der Waals surface area contributed by atoms with Gasteiger partial charge in [0.05, 0.1) is 76.6 Å². The molecule has 9 aromatic heterocycles. The number of nitrogens with zero attached hydrogens (tertiary/aromatic N) is 30. The van der Waals surface area contributed by atoms with Gasteiger partial charge in [0.25, 0.3) is 0 Å². The molecule has 6 saturated heterocycles. The summed E-state index contributed by atoms with van der Waals surface area (Å²) in [7, 11) is 0. The van der Waals surface area contributed by atoms with E-state index in [0.717, 1.165) is 176 Å². The summed E-state index contributed by atoms with van der Waals surface area (Å²) >= 11 is 6.80. The van der Waals surface area contributed by atoms with Gasteiger partial charge in [-0.3, -0.25) is 38.5 Å². The Hall–Kier alpha value is -11.9. The van der Waals surface area contributed by atoms with Crippen LogP contribution in [0.3, 0.4) is 0 Å². The van der Waals surface area contributed by atoms with E-state index in [0.29, 0.717) is 13.2 Å². The van der Waals surface area contributed by atoms with Crippen molar-refractivity contribution >= 4 is 139 Å². The molecule has 3 spiro atoms. The molecule has 51 heteroatoms. The Morgan fingerprint density at radius 2 is 0.874 bits per heavy atom. The van der Waals surface area contributed by atoms with Crippen molar-refractivity contribution in [3.05, 3.63) is 176 Å². The number of amides is 2. The number of anilines is 3. The number of carbonyl (C=O) groups is 3. The Labute approximate surface area is 818 Å². The number of thiol groups is 1. The third kappa shape index (κ3) is 26.9. The Kier molecular flexibility index (Phi) is 36.5. The van der Waals surface area contributed by atoms with E-state index < -0.39 is 23.7 Å². The number of benzene rings is 3. The predicted octanol–water partition coefficient (Wildman–Crippen LogP) is 14.5. The third-order valence-corrected chi connectivity index (χ3v) is 25.6. The summed E-state index contributed by atoms with van der Waals surface area (Å²) in [6.45, 7) is 24.6. The van der Waals surface area contributed by atoms with E-state index in [1.165, 1.54) is 0 Å². The van der Waals surface area contributed by atoms with Crippen LogP contribution in [0.5, 0.6) is 0 Å². The standard InChI is InChI=1S/C29H34N6O3S.C24H26N6OS.C20H28N5O3.C9H6BrN.C2HF3O.H3N17.Na.H2S/c1-19-24(33-27(36)38-28(2,3)4)29(18-37-19)10-14-34(15-11-29)26-32-17-23(25-31-13-16-35(25)26)39-22-9-5-8-21-20(22)7-6-12-30-21;1-16-21(25)24(15-31-16)7-11-29(12-8-24)23-28-14-20(22-27-10-13-30(22)23)32-19-6-2-5-18-17(19)4-3-9-26-18;1-14-16(23-18(26)28-19(2,3)4)20(13-27-14)6-10-24(11-7-20)17-22-8-5-15-21-9-12-25(15)17;10-8-4-1-5-9-7(8)3-2-6-11-9;3-2(4,5)1-6;1-3-5-7-9-11-13-15-17-16-14-12-10-8-6-4-2;;/h5-9,12-13,16-17,19,24H,10-11,14-15,18H2,1-4H3,(H,33,36);2-6,9-10,13-14,16,21H,7-8,11-12,15,25H2,1H3;8-9,12,14,16H,6-7,10-11,13H2,1-4H3,(H,23,26);1-6H;1H;(H3,1,2,5,6,9,10,13,14,17);;1H2/q;;-1;;;;+1;/p-1/t19-,24+;16-,21+;14-,16+;;;;;/m000...../s1. The molecule has 6 fully saturated rings. The maximum absolute atomic E-state index is 12.6. The van der Waals surface area contributed by atoms with Gasteiger partial charge in [-0.05, 0) is 234 Å². The van der Waals surface area contributed by atoms with E-state index in [2.05, 4.69) is 206 Å². The van der Waals surface area contributed by atoms with Crippen LogP contribution in [0, 0.1) is 27.8 Å². The molecule has 7 N–H and O–H groups in total. The van der Waals surface area contributed by atoms with Gasteiger partial charge in [-0.15, -0.1) is 6.20 Å². The number of aldehydes is 1. The molecule has 0 aliphatic carbocycles. The minimum absolute atomic E-state index is 0. The van der Waals surface area contributed by atoms with Gasteiger partial charge >= 0.3 is 47.9 Å². The topological polar surface area (TPSA) is 522 Å². The van der Waals surface area contributed by atoms with Crippen LogP contribution < -0.4 is 66.5 Å². The van der Waals surface area contributed by atoms with E-state index >= 15 is 0 Å². The number of ether oxygens (including phenoxy) is 5. The van der Waals surface area contributed by atoms with Crippen molar-refractivity contribution in [2.24, 2.45) is 106 Å². The van der Waals surface area contributed by atoms with Gasteiger partial charge in [-0.1, -0.05) is 81.1 Å². The third-order valence-electron chi connectivity index (χ3n) is 22.8. The summed E-state index contributed by atoms with van der Waals surface area (Å²) in [5, 5.41) is 52.9. The smallest absolute Gasteiger partial charge is 0.813 e. The second kappa shape index (κ2) is 47.5. The van der Waals surface area contributed by atoms with Crippen LogP contribution in [0.2, 0.25) is 0 Å². The largest absolute Gasteiger partial charge is 1.00 e. The number of piperidine rings is 3. The quantitative estimate of drug-likeness (QED) is 0.00876. The molecule has 3 aromatic carbocycles. The summed E-state index contributed by atoms with van der Waals surface area (Å²) in [4.78, 5) is 86.0. The van der Waals surface area contributed by atoms with Crippen molar-refractivity contribution in [3.8, 4) is 0 Å². The fraction of sp³-hybridized carbons (Fsp3) is 0.429. The first-order valence-electron chi connectivity index (χ1n) is 42.1. The normalized spacial score (nSPS) is 19.7. The number of nitrogens with one attached hydrogen (secondary N) is 3. The summed E-state index contributed by atoms with van der Waals surface area (Å²) in [5.74, 6) is 7.28. The molecule has 12 aromatic rings. The van der Waals surface area contributed by atoms with Crippen molar-refractivity contribution in [1.82, 2.24) is 68.7 Å². The van der Waals surface area contributed by atoms with Gasteiger partial charge in [0.2, 0.25) is 24.1 Å². The van der Waals surface area contributed by atoms with Gasteiger partial charge in [-0.2, -0.15) is 18.7 Å². The molecular formula is C84H99BrF3N35NaO8S3-. The molecule has 0 saturated carbocycles. The zero-order chi connectivity index (χ0) is 94.3. The Balaban J connectivity index is 0.000000167. The van der Waals surface area contributed by atoms with Gasteiger partial charge < -0.3 is 84.6 Å². The van der Waals surface area contributed by atoms with Gasteiger partial charge in [-0.25, -0.2) is 29.5 Å². The molecule has 6 aliphatic rings. The summed E-state index contributed by atoms with van der Waals surface area (Å²) < 4.78 is 67.4. The molecule has 0 radical (unpaired) electrons. The molecular weight excluding hydrogens is 1880 g/mol. The van der Waals surface area contributed by atoms with Gasteiger partial charge in [0.1, 0.15) is 11.2 Å². The Bertz CT molecular complexity index is 6210. The second-order valence-corrected chi connectivity index (χ2v) is 36.5. The van der Waals surface area contributed by atoms with Crippen molar-refractivity contribution in [2.45, 2.75) is 174 Å². The van der Waals surface area contributed by atoms with E-state index in [9.17, 15) is 22.8 Å². The average Bonchev–Trinajstić information content (AvgIpc) is 1.62. The van der Waals surface area contributed by atoms with E-state index in [4.69, 9.17) is 49.7 Å². The number of carbonyl (C=O) groups excluding carboxylic acids is 3. The first-order chi connectivity index (χ1) is 64.0. The molecule has 43 nitrogen and oxygen atoms in total. The summed E-state index contributed by atoms with van der Waals surface area (Å²) in [5.41, 5.74) is 17.1. The zero-order valence-corrected chi connectivity index (χ0v) is 81.5. The molecule has 706 valence electrons. The zero-order valence-electron chi connectivity index (χ0n) is 75.3. The predicted molar refractivity (Wildman–Crippen MR) is 495 cm³/mol. The maximum Gasteiger partial charge on any atom is 1.00 e. The number of halogens is 4. The van der Waals surface area contributed by atoms with Crippen LogP contribution in [0.15, 0.2) is 268 Å². The molecule has 2 amide bonds. The van der Waals surface area contributed by atoms with Gasteiger partial charge in [0, 0.05) is 160 Å². The minimum Gasteiger partial charge on any atom is -0.813 e. The number of fused-ring (bicyclic) bond motifs is 6. The second-order valence-electron chi connectivity index (χ2n) is 33.5. The molecule has 6 aliphatic heterocycles. The number of aromatic nitrogens is 12. The molecule has 6 atom stereocenters. The van der Waals surface area contributed by atoms with Crippen molar-refractivity contribution in [1.29, 1.82) is 5.53 Å². The number of rotatable bonds is 16. The fourth-order valence-corrected chi connectivity index (χ4v) is 19.0. The van der Waals surface area contributed by atoms with Crippen LogP contribution in [0.25, 0.3) is 49.7 Å². The fourth-order valence-electron chi connectivity index (χ4n) is 16.5. The number of hydrogen-bond acceptors (Lipinski definition) is 26. The van der Waals surface area contributed by atoms with Crippen molar-refractivity contribution in [2.75, 3.05) is 73.8 Å². The molecule has 0 bridgehead atoms. The first kappa shape index (κ1) is 104. The number of imidazole rings is 3. The molecule has 135 heavy (non-hydrogen) atoms. The Morgan fingerprint density at radius 1 is 0.504 bits per heavy atom. The number of hydrogen-bond donors (Lipinski definition) is 5. The van der Waals surface area contributed by atoms with E-state index in [1.807, 2.05) is 182 Å². The average molecular weight is 1980 g/mol. The molecule has 0 unspecified atom stereocenters. The van der Waals surface area contributed by atoms with Crippen LogP contribution in [-0.2, 0) is 42.0 Å². The van der Waals surface area contributed by atoms with E-state index in [1.54, 1.807) is 42.1 Å². The monoisotopic (exact) mass is 1980 g/mol. The van der Waals surface area contributed by atoms with Crippen molar-refractivity contribution < 1.29 is 80.8 Å². The maximum atomic E-state index is 12.6. The number of nitrogens with two attached hydrogens (primary N) is 2. The van der Waals surface area contributed by atoms with E-state index in [-0.39, 0.29) is 108 Å². The molecule has 18 rings (SSSR count). The van der Waals surface area contributed by atoms with Gasteiger partial charge in [0.15, 0.2) is 11.3 Å². The van der Waals surface area contributed by atoms with Crippen LogP contribution in [0.1, 0.15) is 101 Å². The summed E-state index contributed by atoms with van der Waals surface area (Å²) in [6, 6.07) is 33.5. The minimum atomic E-state index is -4.64. The van der Waals surface area contributed by atoms with Crippen LogP contribution in [-0.4, -0.2) is 189 Å². The van der Waals surface area contributed by atoms with Crippen LogP contribution in [0.4, 0.5) is 40.6 Å². The number of pyridine rings is 3. The molecule has 15 heterocycles.